The molecule has 1 amide bonds. The molecule has 0 N–H and O–H groups in total. The fraction of sp³-hybridized carbons (Fsp3) is 0.438. The monoisotopic (exact) mass is 320 g/mol. The predicted molar refractivity (Wildman–Crippen MR) is 88.8 cm³/mol. The zero-order valence-electron chi connectivity index (χ0n) is 12.0. The summed E-state index contributed by atoms with van der Waals surface area (Å²) < 4.78 is 0. The Morgan fingerprint density at radius 1 is 1.14 bits per heavy atom. The SMILES string of the molecule is O=C(CCc1ccsc1)N1CCN(Cc2cccs2)CC1. The molecule has 1 fully saturated rings. The van der Waals surface area contributed by atoms with Crippen molar-refractivity contribution in [2.24, 2.45) is 0 Å². The number of rotatable bonds is 5. The molecule has 1 aliphatic rings. The minimum atomic E-state index is 0.303. The molecule has 0 unspecified atom stereocenters. The van der Waals surface area contributed by atoms with Gasteiger partial charge in [0.1, 0.15) is 0 Å². The minimum absolute atomic E-state index is 0.303. The number of carbonyl (C=O) groups excluding carboxylic acids is 1. The number of hydrogen-bond acceptors (Lipinski definition) is 4. The van der Waals surface area contributed by atoms with Crippen LogP contribution in [-0.2, 0) is 17.8 Å². The van der Waals surface area contributed by atoms with E-state index >= 15 is 0 Å². The van der Waals surface area contributed by atoms with Crippen LogP contribution in [0.15, 0.2) is 34.3 Å². The summed E-state index contributed by atoms with van der Waals surface area (Å²) in [6.07, 6.45) is 1.51. The second-order valence-electron chi connectivity index (χ2n) is 5.37. The van der Waals surface area contributed by atoms with Gasteiger partial charge in [0.25, 0.3) is 0 Å². The summed E-state index contributed by atoms with van der Waals surface area (Å²) in [6, 6.07) is 6.39. The van der Waals surface area contributed by atoms with Crippen LogP contribution in [0.3, 0.4) is 0 Å². The molecule has 0 saturated carbocycles. The number of carbonyl (C=O) groups is 1. The molecule has 2 aromatic rings. The van der Waals surface area contributed by atoms with Crippen LogP contribution in [0.25, 0.3) is 0 Å². The van der Waals surface area contributed by atoms with Crippen molar-refractivity contribution in [2.45, 2.75) is 19.4 Å². The van der Waals surface area contributed by atoms with E-state index in [9.17, 15) is 4.79 Å². The second kappa shape index (κ2) is 7.20. The van der Waals surface area contributed by atoms with Crippen LogP contribution in [0.5, 0.6) is 0 Å². The summed E-state index contributed by atoms with van der Waals surface area (Å²) >= 11 is 3.51. The molecule has 0 atom stereocenters. The third-order valence-corrected chi connectivity index (χ3v) is 5.49. The first-order valence-electron chi connectivity index (χ1n) is 7.35. The molecule has 1 aliphatic heterocycles. The zero-order valence-corrected chi connectivity index (χ0v) is 13.7. The van der Waals surface area contributed by atoms with Crippen molar-refractivity contribution in [1.82, 2.24) is 9.80 Å². The molecule has 112 valence electrons. The van der Waals surface area contributed by atoms with Gasteiger partial charge in [0.15, 0.2) is 0 Å². The Morgan fingerprint density at radius 3 is 2.67 bits per heavy atom. The Bertz CT molecular complexity index is 543. The maximum Gasteiger partial charge on any atom is 0.222 e. The highest BCUT2D eigenvalue weighted by Crippen LogP contribution is 2.14. The fourth-order valence-electron chi connectivity index (χ4n) is 2.62. The van der Waals surface area contributed by atoms with E-state index in [2.05, 4.69) is 39.2 Å². The molecular formula is C16H20N2OS2. The van der Waals surface area contributed by atoms with Gasteiger partial charge in [0.2, 0.25) is 5.91 Å². The van der Waals surface area contributed by atoms with Gasteiger partial charge in [-0.25, -0.2) is 0 Å². The summed E-state index contributed by atoms with van der Waals surface area (Å²) in [7, 11) is 0. The maximum absolute atomic E-state index is 12.2. The first-order chi connectivity index (χ1) is 10.3. The quantitative estimate of drug-likeness (QED) is 0.845. The molecule has 3 rings (SSSR count). The Kier molecular flexibility index (Phi) is 5.06. The number of hydrogen-bond donors (Lipinski definition) is 0. The van der Waals surface area contributed by atoms with Crippen LogP contribution in [0.2, 0.25) is 0 Å². The van der Waals surface area contributed by atoms with Crippen molar-refractivity contribution in [2.75, 3.05) is 26.2 Å². The lowest BCUT2D eigenvalue weighted by Crippen LogP contribution is -2.48. The molecule has 2 aromatic heterocycles. The Labute approximate surface area is 133 Å². The number of piperazine rings is 1. The third-order valence-electron chi connectivity index (χ3n) is 3.89. The maximum atomic E-state index is 12.2. The van der Waals surface area contributed by atoms with E-state index in [0.29, 0.717) is 12.3 Å². The highest BCUT2D eigenvalue weighted by Gasteiger charge is 2.20. The van der Waals surface area contributed by atoms with Crippen molar-refractivity contribution >= 4 is 28.6 Å². The lowest BCUT2D eigenvalue weighted by atomic mass is 10.1. The average Bonchev–Trinajstić information content (AvgIpc) is 3.19. The van der Waals surface area contributed by atoms with Crippen molar-refractivity contribution in [3.05, 3.63) is 44.8 Å². The van der Waals surface area contributed by atoms with Gasteiger partial charge >= 0.3 is 0 Å². The van der Waals surface area contributed by atoms with E-state index < -0.39 is 0 Å². The number of thiophene rings is 2. The van der Waals surface area contributed by atoms with Crippen molar-refractivity contribution in [3.63, 3.8) is 0 Å². The highest BCUT2D eigenvalue weighted by atomic mass is 32.1. The van der Waals surface area contributed by atoms with Gasteiger partial charge in [-0.1, -0.05) is 6.07 Å². The van der Waals surface area contributed by atoms with Crippen LogP contribution in [0.4, 0.5) is 0 Å². The van der Waals surface area contributed by atoms with Crippen LogP contribution in [0.1, 0.15) is 16.9 Å². The fourth-order valence-corrected chi connectivity index (χ4v) is 4.07. The van der Waals surface area contributed by atoms with E-state index in [4.69, 9.17) is 0 Å². The summed E-state index contributed by atoms with van der Waals surface area (Å²) in [4.78, 5) is 18.1. The Balaban J connectivity index is 1.41. The van der Waals surface area contributed by atoms with Crippen molar-refractivity contribution < 1.29 is 4.79 Å². The topological polar surface area (TPSA) is 23.6 Å². The van der Waals surface area contributed by atoms with Gasteiger partial charge in [-0.05, 0) is 40.3 Å². The smallest absolute Gasteiger partial charge is 0.222 e. The third kappa shape index (κ3) is 4.15. The summed E-state index contributed by atoms with van der Waals surface area (Å²) in [5.41, 5.74) is 1.28. The van der Waals surface area contributed by atoms with E-state index in [-0.39, 0.29) is 0 Å². The first kappa shape index (κ1) is 14.8. The van der Waals surface area contributed by atoms with Gasteiger partial charge in [0, 0.05) is 44.0 Å². The molecule has 0 bridgehead atoms. The molecule has 3 heterocycles. The van der Waals surface area contributed by atoms with Gasteiger partial charge < -0.3 is 4.90 Å². The molecular weight excluding hydrogens is 300 g/mol. The van der Waals surface area contributed by atoms with E-state index in [1.165, 1.54) is 10.4 Å². The van der Waals surface area contributed by atoms with E-state index in [0.717, 1.165) is 39.1 Å². The van der Waals surface area contributed by atoms with Crippen LogP contribution in [-0.4, -0.2) is 41.9 Å². The first-order valence-corrected chi connectivity index (χ1v) is 9.17. The largest absolute Gasteiger partial charge is 0.340 e. The zero-order chi connectivity index (χ0) is 14.5. The molecule has 0 aliphatic carbocycles. The number of amides is 1. The predicted octanol–water partition coefficient (Wildman–Crippen LogP) is 3.09. The van der Waals surface area contributed by atoms with Crippen LogP contribution < -0.4 is 0 Å². The number of nitrogens with zero attached hydrogens (tertiary/aromatic N) is 2. The van der Waals surface area contributed by atoms with Crippen LogP contribution in [0, 0.1) is 0 Å². The molecule has 5 heteroatoms. The molecule has 0 spiro atoms. The van der Waals surface area contributed by atoms with Gasteiger partial charge in [0.05, 0.1) is 0 Å². The second-order valence-corrected chi connectivity index (χ2v) is 7.18. The normalized spacial score (nSPS) is 16.3. The molecule has 0 radical (unpaired) electrons. The summed E-state index contributed by atoms with van der Waals surface area (Å²) in [5, 5.41) is 6.33. The summed E-state index contributed by atoms with van der Waals surface area (Å²) in [5.74, 6) is 0.303. The lowest BCUT2D eigenvalue weighted by Gasteiger charge is -2.34. The molecule has 21 heavy (non-hydrogen) atoms. The van der Waals surface area contributed by atoms with Crippen molar-refractivity contribution in [1.29, 1.82) is 0 Å². The molecule has 0 aromatic carbocycles. The minimum Gasteiger partial charge on any atom is -0.340 e. The Hall–Kier alpha value is -1.17. The van der Waals surface area contributed by atoms with E-state index in [1.54, 1.807) is 11.3 Å². The molecule has 3 nitrogen and oxygen atoms in total. The average molecular weight is 320 g/mol. The summed E-state index contributed by atoms with van der Waals surface area (Å²) in [6.45, 7) is 4.74. The Morgan fingerprint density at radius 2 is 2.00 bits per heavy atom. The van der Waals surface area contributed by atoms with Gasteiger partial charge in [-0.3, -0.25) is 9.69 Å². The van der Waals surface area contributed by atoms with Crippen molar-refractivity contribution in [3.8, 4) is 0 Å². The van der Waals surface area contributed by atoms with Gasteiger partial charge in [-0.15, -0.1) is 11.3 Å². The number of aryl methyl sites for hydroxylation is 1. The highest BCUT2D eigenvalue weighted by molar-refractivity contribution is 7.09. The van der Waals surface area contributed by atoms with E-state index in [1.807, 2.05) is 16.2 Å². The van der Waals surface area contributed by atoms with Crippen LogP contribution >= 0.6 is 22.7 Å². The van der Waals surface area contributed by atoms with Gasteiger partial charge in [-0.2, -0.15) is 11.3 Å². The standard InChI is InChI=1S/C16H20N2OS2/c19-16(4-3-14-5-11-20-13-14)18-8-6-17(7-9-18)12-15-2-1-10-21-15/h1-2,5,10-11,13H,3-4,6-9,12H2. The lowest BCUT2D eigenvalue weighted by molar-refractivity contribution is -0.132. The molecule has 1 saturated heterocycles.